The molecule has 0 saturated heterocycles. The van der Waals surface area contributed by atoms with Crippen LogP contribution in [0.1, 0.15) is 41.0 Å². The lowest BCUT2D eigenvalue weighted by Gasteiger charge is -2.03. The average molecular weight is 404 g/mol. The van der Waals surface area contributed by atoms with E-state index in [1.807, 2.05) is 27.7 Å². The minimum atomic E-state index is -0.348. The maximum Gasteiger partial charge on any atom is 0.307 e. The highest BCUT2D eigenvalue weighted by Crippen LogP contribution is 2.27. The van der Waals surface area contributed by atoms with Gasteiger partial charge in [0.05, 0.1) is 23.0 Å². The van der Waals surface area contributed by atoms with Crippen molar-refractivity contribution in [2.45, 2.75) is 41.0 Å². The van der Waals surface area contributed by atoms with Crippen LogP contribution in [-0.2, 0) is 16.6 Å². The molecule has 0 saturated carbocycles. The van der Waals surface area contributed by atoms with Crippen molar-refractivity contribution in [3.05, 3.63) is 22.4 Å². The number of rotatable bonds is 5. The second-order valence-electron chi connectivity index (χ2n) is 4.24. The highest BCUT2D eigenvalue weighted by molar-refractivity contribution is 9.10. The Balaban J connectivity index is 0.00000123. The van der Waals surface area contributed by atoms with E-state index < -0.39 is 0 Å². The summed E-state index contributed by atoms with van der Waals surface area (Å²) in [4.78, 5) is 11.2. The zero-order valence-electron chi connectivity index (χ0n) is 15.2. The number of carbonyl (C=O) groups excluding carboxylic acids is 1. The van der Waals surface area contributed by atoms with Crippen molar-refractivity contribution in [3.8, 4) is 0 Å². The van der Waals surface area contributed by atoms with E-state index in [0.29, 0.717) is 28.8 Å². The predicted octanol–water partition coefficient (Wildman–Crippen LogP) is 4.89. The van der Waals surface area contributed by atoms with Crippen LogP contribution >= 0.6 is 15.9 Å². The van der Waals surface area contributed by atoms with E-state index in [1.165, 1.54) is 6.07 Å². The molecule has 1 aromatic carbocycles. The Hall–Kier alpha value is -1.63. The van der Waals surface area contributed by atoms with E-state index in [0.717, 1.165) is 5.52 Å². The molecule has 0 radical (unpaired) electrons. The van der Waals surface area contributed by atoms with Crippen LogP contribution in [0.5, 0.6) is 0 Å². The lowest BCUT2D eigenvalue weighted by molar-refractivity contribution is -0.142. The first-order valence-electron chi connectivity index (χ1n) is 8.24. The van der Waals surface area contributed by atoms with Crippen LogP contribution in [0.25, 0.3) is 10.9 Å². The van der Waals surface area contributed by atoms with Crippen LogP contribution in [0, 0.1) is 5.82 Å². The molecule has 24 heavy (non-hydrogen) atoms. The fourth-order valence-electron chi connectivity index (χ4n) is 1.90. The van der Waals surface area contributed by atoms with Crippen LogP contribution in [0.15, 0.2) is 16.6 Å². The fraction of sp³-hybridized carbons (Fsp3) is 0.529. The van der Waals surface area contributed by atoms with Crippen molar-refractivity contribution < 1.29 is 13.9 Å². The lowest BCUT2D eigenvalue weighted by Crippen LogP contribution is -2.11. The standard InChI is InChI=1S/C13H15BrFN3O2.2C2H6/c1-3-20-12(19)4-5-16-13-8-6-10(15)9(14)7-11(8)18(2)17-13;2*1-2/h6-7H,3-5H2,1-2H3,(H,16,17);2*1-2H3. The maximum absolute atomic E-state index is 13.6. The quantitative estimate of drug-likeness (QED) is 0.721. The Bertz CT molecular complexity index is 644. The number of hydrogen-bond acceptors (Lipinski definition) is 4. The zero-order valence-corrected chi connectivity index (χ0v) is 16.8. The molecule has 0 fully saturated rings. The molecule has 5 nitrogen and oxygen atoms in total. The van der Waals surface area contributed by atoms with Gasteiger partial charge in [0, 0.05) is 19.0 Å². The number of anilines is 1. The topological polar surface area (TPSA) is 56.1 Å². The Kier molecular flexibility index (Phi) is 11.0. The minimum Gasteiger partial charge on any atom is -0.466 e. The minimum absolute atomic E-state index is 0.241. The van der Waals surface area contributed by atoms with Gasteiger partial charge in [0.1, 0.15) is 5.82 Å². The summed E-state index contributed by atoms with van der Waals surface area (Å²) in [6, 6.07) is 3.09. The zero-order chi connectivity index (χ0) is 18.7. The summed E-state index contributed by atoms with van der Waals surface area (Å²) in [5.74, 6) is -0.0636. The molecule has 0 aliphatic carbocycles. The number of aromatic nitrogens is 2. The summed E-state index contributed by atoms with van der Waals surface area (Å²) in [5.41, 5.74) is 0.803. The molecular weight excluding hydrogens is 377 g/mol. The van der Waals surface area contributed by atoms with E-state index >= 15 is 0 Å². The van der Waals surface area contributed by atoms with Gasteiger partial charge in [-0.05, 0) is 35.0 Å². The highest BCUT2D eigenvalue weighted by Gasteiger charge is 2.12. The maximum atomic E-state index is 13.6. The number of esters is 1. The molecule has 0 atom stereocenters. The van der Waals surface area contributed by atoms with Crippen molar-refractivity contribution >= 4 is 38.6 Å². The van der Waals surface area contributed by atoms with Gasteiger partial charge in [-0.3, -0.25) is 9.48 Å². The summed E-state index contributed by atoms with van der Waals surface area (Å²) in [6.45, 7) is 10.5. The first-order valence-corrected chi connectivity index (χ1v) is 9.03. The Morgan fingerprint density at radius 3 is 2.54 bits per heavy atom. The number of fused-ring (bicyclic) bond motifs is 1. The van der Waals surface area contributed by atoms with Gasteiger partial charge < -0.3 is 10.1 Å². The number of halogens is 2. The average Bonchev–Trinajstić information content (AvgIpc) is 2.88. The van der Waals surface area contributed by atoms with Crippen molar-refractivity contribution in [1.29, 1.82) is 0 Å². The number of nitrogens with one attached hydrogen (secondary N) is 1. The predicted molar refractivity (Wildman–Crippen MR) is 101 cm³/mol. The Morgan fingerprint density at radius 2 is 1.96 bits per heavy atom. The Labute approximate surface area is 151 Å². The molecule has 7 heteroatoms. The van der Waals surface area contributed by atoms with Gasteiger partial charge in [-0.25, -0.2) is 4.39 Å². The molecular formula is C17H27BrFN3O2. The van der Waals surface area contributed by atoms with Gasteiger partial charge in [-0.1, -0.05) is 27.7 Å². The Morgan fingerprint density at radius 1 is 1.33 bits per heavy atom. The molecule has 1 N–H and O–H groups in total. The molecule has 1 aromatic heterocycles. The van der Waals surface area contributed by atoms with Crippen LogP contribution in [0.2, 0.25) is 0 Å². The van der Waals surface area contributed by atoms with Gasteiger partial charge in [-0.15, -0.1) is 0 Å². The van der Waals surface area contributed by atoms with Gasteiger partial charge in [-0.2, -0.15) is 5.10 Å². The van der Waals surface area contributed by atoms with Crippen LogP contribution in [-0.4, -0.2) is 28.9 Å². The third kappa shape index (κ3) is 6.11. The van der Waals surface area contributed by atoms with E-state index in [4.69, 9.17) is 4.74 Å². The highest BCUT2D eigenvalue weighted by atomic mass is 79.9. The summed E-state index contributed by atoms with van der Waals surface area (Å²) in [6.07, 6.45) is 0.241. The lowest BCUT2D eigenvalue weighted by atomic mass is 10.2. The number of carbonyl (C=O) groups is 1. The monoisotopic (exact) mass is 403 g/mol. The van der Waals surface area contributed by atoms with Gasteiger partial charge in [0.15, 0.2) is 5.82 Å². The summed E-state index contributed by atoms with van der Waals surface area (Å²) in [5, 5.41) is 7.99. The first kappa shape index (κ1) is 22.4. The third-order valence-corrected chi connectivity index (χ3v) is 3.43. The number of hydrogen-bond donors (Lipinski definition) is 1. The van der Waals surface area contributed by atoms with Crippen LogP contribution in [0.4, 0.5) is 10.2 Å². The SMILES string of the molecule is CC.CC.CCOC(=O)CCNc1nn(C)c2cc(Br)c(F)cc12. The van der Waals surface area contributed by atoms with Crippen LogP contribution < -0.4 is 5.32 Å². The van der Waals surface area contributed by atoms with Crippen molar-refractivity contribution in [3.63, 3.8) is 0 Å². The molecule has 0 aliphatic rings. The van der Waals surface area contributed by atoms with Gasteiger partial charge in [0.2, 0.25) is 0 Å². The molecule has 2 aromatic rings. The van der Waals surface area contributed by atoms with Crippen molar-refractivity contribution in [2.24, 2.45) is 7.05 Å². The van der Waals surface area contributed by atoms with Crippen molar-refractivity contribution in [1.82, 2.24) is 9.78 Å². The molecule has 2 rings (SSSR count). The van der Waals surface area contributed by atoms with Crippen LogP contribution in [0.3, 0.4) is 0 Å². The smallest absolute Gasteiger partial charge is 0.307 e. The molecule has 0 bridgehead atoms. The number of nitrogens with zero attached hydrogens (tertiary/aromatic N) is 2. The first-order chi connectivity index (χ1) is 11.5. The molecule has 0 aliphatic heterocycles. The molecule has 0 spiro atoms. The number of aryl methyl sites for hydroxylation is 1. The summed E-state index contributed by atoms with van der Waals surface area (Å²) >= 11 is 3.15. The summed E-state index contributed by atoms with van der Waals surface area (Å²) < 4.78 is 20.5. The van der Waals surface area contributed by atoms with E-state index in [1.54, 1.807) is 24.7 Å². The third-order valence-electron chi connectivity index (χ3n) is 2.82. The molecule has 1 heterocycles. The molecule has 0 amide bonds. The molecule has 0 unspecified atom stereocenters. The fourth-order valence-corrected chi connectivity index (χ4v) is 2.23. The second kappa shape index (κ2) is 11.8. The summed E-state index contributed by atoms with van der Waals surface area (Å²) in [7, 11) is 1.78. The molecule has 136 valence electrons. The van der Waals surface area contributed by atoms with Gasteiger partial charge in [0.25, 0.3) is 0 Å². The normalized spacial score (nSPS) is 9.50. The van der Waals surface area contributed by atoms with E-state index in [-0.39, 0.29) is 18.2 Å². The van der Waals surface area contributed by atoms with E-state index in [2.05, 4.69) is 26.3 Å². The van der Waals surface area contributed by atoms with Gasteiger partial charge >= 0.3 is 5.97 Å². The van der Waals surface area contributed by atoms with E-state index in [9.17, 15) is 9.18 Å². The number of ether oxygens (including phenoxy) is 1. The second-order valence-corrected chi connectivity index (χ2v) is 5.09. The number of benzene rings is 1. The largest absolute Gasteiger partial charge is 0.466 e. The van der Waals surface area contributed by atoms with Crippen molar-refractivity contribution in [2.75, 3.05) is 18.5 Å².